The number of nitrogens with one attached hydrogen (secondary N) is 2. The van der Waals surface area contributed by atoms with Gasteiger partial charge >= 0.3 is 0 Å². The Balaban J connectivity index is 1.73. The first-order valence-corrected chi connectivity index (χ1v) is 10.0. The molecule has 0 radical (unpaired) electrons. The van der Waals surface area contributed by atoms with Crippen molar-refractivity contribution in [1.82, 2.24) is 10.2 Å². The average Bonchev–Trinajstić information content (AvgIpc) is 3.18. The monoisotopic (exact) mass is 443 g/mol. The second-order valence-corrected chi connectivity index (χ2v) is 7.51. The van der Waals surface area contributed by atoms with Crippen LogP contribution in [0.25, 0.3) is 0 Å². The molecule has 6 nitrogen and oxygen atoms in total. The molecule has 1 fully saturated rings. The third-order valence-electron chi connectivity index (χ3n) is 4.64. The summed E-state index contributed by atoms with van der Waals surface area (Å²) in [7, 11) is 0. The zero-order chi connectivity index (χ0) is 20.1. The molecule has 3 rings (SSSR count). The van der Waals surface area contributed by atoms with E-state index in [9.17, 15) is 14.4 Å². The molecule has 0 saturated carbocycles. The summed E-state index contributed by atoms with van der Waals surface area (Å²) in [6, 6.07) is 13.4. The van der Waals surface area contributed by atoms with Gasteiger partial charge in [-0.25, -0.2) is 0 Å². The van der Waals surface area contributed by atoms with E-state index in [-0.39, 0.29) is 17.7 Å². The van der Waals surface area contributed by atoms with Gasteiger partial charge in [0.1, 0.15) is 6.04 Å². The molecule has 1 aliphatic rings. The van der Waals surface area contributed by atoms with Crippen molar-refractivity contribution in [2.75, 3.05) is 18.4 Å². The van der Waals surface area contributed by atoms with Crippen molar-refractivity contribution in [3.05, 3.63) is 64.1 Å². The van der Waals surface area contributed by atoms with Gasteiger partial charge in [0, 0.05) is 34.4 Å². The summed E-state index contributed by atoms with van der Waals surface area (Å²) >= 11 is 3.34. The smallest absolute Gasteiger partial charge is 0.255 e. The molecule has 3 amide bonds. The van der Waals surface area contributed by atoms with Gasteiger partial charge in [0.25, 0.3) is 11.8 Å². The van der Waals surface area contributed by atoms with Gasteiger partial charge in [0.15, 0.2) is 0 Å². The predicted molar refractivity (Wildman–Crippen MR) is 111 cm³/mol. The minimum Gasteiger partial charge on any atom is -0.355 e. The Kier molecular flexibility index (Phi) is 6.46. The van der Waals surface area contributed by atoms with Crippen molar-refractivity contribution >= 4 is 39.3 Å². The van der Waals surface area contributed by atoms with Crippen molar-refractivity contribution in [1.29, 1.82) is 0 Å². The number of benzene rings is 2. The molecule has 146 valence electrons. The third-order valence-corrected chi connectivity index (χ3v) is 5.17. The number of hydrogen-bond acceptors (Lipinski definition) is 3. The normalized spacial score (nSPS) is 15.9. The first-order chi connectivity index (χ1) is 13.5. The minimum atomic E-state index is -0.437. The lowest BCUT2D eigenvalue weighted by Crippen LogP contribution is -2.45. The Morgan fingerprint density at radius 1 is 1.11 bits per heavy atom. The van der Waals surface area contributed by atoms with Crippen LogP contribution in [0.2, 0.25) is 0 Å². The maximum Gasteiger partial charge on any atom is 0.255 e. The van der Waals surface area contributed by atoms with Gasteiger partial charge in [0.2, 0.25) is 5.91 Å². The van der Waals surface area contributed by atoms with E-state index in [0.717, 1.165) is 10.9 Å². The zero-order valence-corrected chi connectivity index (χ0v) is 17.2. The number of anilines is 1. The molecule has 1 heterocycles. The highest BCUT2D eigenvalue weighted by molar-refractivity contribution is 9.10. The van der Waals surface area contributed by atoms with Gasteiger partial charge in [-0.3, -0.25) is 14.4 Å². The van der Waals surface area contributed by atoms with E-state index in [2.05, 4.69) is 26.6 Å². The zero-order valence-electron chi connectivity index (χ0n) is 15.6. The van der Waals surface area contributed by atoms with Gasteiger partial charge < -0.3 is 15.5 Å². The number of rotatable bonds is 5. The quantitative estimate of drug-likeness (QED) is 0.742. The van der Waals surface area contributed by atoms with Gasteiger partial charge in [0.05, 0.1) is 0 Å². The summed E-state index contributed by atoms with van der Waals surface area (Å²) in [6.45, 7) is 2.95. The van der Waals surface area contributed by atoms with E-state index in [1.165, 1.54) is 0 Å². The number of likely N-dealkylation sites (tertiary alicyclic amines) is 1. The highest BCUT2D eigenvalue weighted by Crippen LogP contribution is 2.22. The van der Waals surface area contributed by atoms with Crippen LogP contribution in [0.1, 0.15) is 40.5 Å². The Hall–Kier alpha value is -2.67. The molecule has 2 aromatic carbocycles. The Labute approximate surface area is 172 Å². The molecular formula is C21H22BrN3O3. The van der Waals surface area contributed by atoms with Crippen molar-refractivity contribution in [3.8, 4) is 0 Å². The number of amides is 3. The van der Waals surface area contributed by atoms with Crippen LogP contribution in [0.3, 0.4) is 0 Å². The van der Waals surface area contributed by atoms with Gasteiger partial charge in [-0.05, 0) is 62.2 Å². The molecule has 2 N–H and O–H groups in total. The number of likely N-dealkylation sites (N-methyl/N-ethyl adjacent to an activating group) is 1. The maximum absolute atomic E-state index is 12.9. The van der Waals surface area contributed by atoms with Crippen LogP contribution in [0.4, 0.5) is 5.69 Å². The SMILES string of the molecule is CCNC(=O)C1CCCN1C(=O)c1cccc(NC(=O)c2ccc(Br)cc2)c1. The first-order valence-electron chi connectivity index (χ1n) is 9.25. The topological polar surface area (TPSA) is 78.5 Å². The molecule has 2 aromatic rings. The van der Waals surface area contributed by atoms with Gasteiger partial charge in [-0.15, -0.1) is 0 Å². The Morgan fingerprint density at radius 2 is 1.86 bits per heavy atom. The van der Waals surface area contributed by atoms with E-state index < -0.39 is 6.04 Å². The molecule has 0 bridgehead atoms. The van der Waals surface area contributed by atoms with E-state index in [0.29, 0.717) is 36.3 Å². The maximum atomic E-state index is 12.9. The lowest BCUT2D eigenvalue weighted by Gasteiger charge is -2.24. The van der Waals surface area contributed by atoms with Crippen LogP contribution in [0, 0.1) is 0 Å². The molecule has 0 spiro atoms. The van der Waals surface area contributed by atoms with E-state index in [1.807, 2.05) is 6.92 Å². The summed E-state index contributed by atoms with van der Waals surface area (Å²) in [5, 5.41) is 5.60. The van der Waals surface area contributed by atoms with Crippen molar-refractivity contribution in [3.63, 3.8) is 0 Å². The standard InChI is InChI=1S/C21H22BrN3O3/c1-2-23-20(27)18-7-4-12-25(18)21(28)15-5-3-6-17(13-15)24-19(26)14-8-10-16(22)11-9-14/h3,5-6,8-11,13,18H,2,4,7,12H2,1H3,(H,23,27)(H,24,26). The molecule has 1 aliphatic heterocycles. The van der Waals surface area contributed by atoms with E-state index in [1.54, 1.807) is 53.4 Å². The molecule has 0 aliphatic carbocycles. The lowest BCUT2D eigenvalue weighted by molar-refractivity contribution is -0.124. The largest absolute Gasteiger partial charge is 0.355 e. The average molecular weight is 444 g/mol. The van der Waals surface area contributed by atoms with Crippen LogP contribution >= 0.6 is 15.9 Å². The summed E-state index contributed by atoms with van der Waals surface area (Å²) < 4.78 is 0.893. The molecule has 0 aromatic heterocycles. The fraction of sp³-hybridized carbons (Fsp3) is 0.286. The summed E-state index contributed by atoms with van der Waals surface area (Å²) in [5.41, 5.74) is 1.51. The lowest BCUT2D eigenvalue weighted by atomic mass is 10.1. The van der Waals surface area contributed by atoms with Crippen LogP contribution in [0.5, 0.6) is 0 Å². The van der Waals surface area contributed by atoms with Crippen molar-refractivity contribution in [2.45, 2.75) is 25.8 Å². The number of hydrogen-bond donors (Lipinski definition) is 2. The number of carbonyl (C=O) groups excluding carboxylic acids is 3. The second kappa shape index (κ2) is 9.01. The third kappa shape index (κ3) is 4.59. The highest BCUT2D eigenvalue weighted by Gasteiger charge is 2.34. The highest BCUT2D eigenvalue weighted by atomic mass is 79.9. The predicted octanol–water partition coefficient (Wildman–Crippen LogP) is 3.44. The van der Waals surface area contributed by atoms with Crippen LogP contribution < -0.4 is 10.6 Å². The van der Waals surface area contributed by atoms with Gasteiger partial charge in [-0.2, -0.15) is 0 Å². The number of nitrogens with zero attached hydrogens (tertiary/aromatic N) is 1. The fourth-order valence-corrected chi connectivity index (χ4v) is 3.54. The molecule has 1 atom stereocenters. The minimum absolute atomic E-state index is 0.118. The van der Waals surface area contributed by atoms with Crippen molar-refractivity contribution < 1.29 is 14.4 Å². The number of carbonyl (C=O) groups is 3. The molecule has 1 unspecified atom stereocenters. The van der Waals surface area contributed by atoms with Crippen LogP contribution in [-0.4, -0.2) is 41.8 Å². The summed E-state index contributed by atoms with van der Waals surface area (Å²) in [5.74, 6) is -0.569. The Bertz CT molecular complexity index is 883. The van der Waals surface area contributed by atoms with E-state index >= 15 is 0 Å². The fourth-order valence-electron chi connectivity index (χ4n) is 3.27. The van der Waals surface area contributed by atoms with Crippen LogP contribution in [-0.2, 0) is 4.79 Å². The number of halogens is 1. The second-order valence-electron chi connectivity index (χ2n) is 6.59. The van der Waals surface area contributed by atoms with Crippen LogP contribution in [0.15, 0.2) is 53.0 Å². The first kappa shape index (κ1) is 20.1. The van der Waals surface area contributed by atoms with Gasteiger partial charge in [-0.1, -0.05) is 22.0 Å². The molecule has 28 heavy (non-hydrogen) atoms. The Morgan fingerprint density at radius 3 is 2.57 bits per heavy atom. The van der Waals surface area contributed by atoms with Crippen molar-refractivity contribution in [2.24, 2.45) is 0 Å². The molecule has 1 saturated heterocycles. The molecular weight excluding hydrogens is 422 g/mol. The summed E-state index contributed by atoms with van der Waals surface area (Å²) in [4.78, 5) is 39.2. The van der Waals surface area contributed by atoms with E-state index in [4.69, 9.17) is 0 Å². The summed E-state index contributed by atoms with van der Waals surface area (Å²) in [6.07, 6.45) is 1.46. The molecule has 7 heteroatoms.